The fourth-order valence-corrected chi connectivity index (χ4v) is 2.04. The summed E-state index contributed by atoms with van der Waals surface area (Å²) in [5.74, 6) is 0.0441. The van der Waals surface area contributed by atoms with Crippen LogP contribution in [-0.2, 0) is 0 Å². The summed E-state index contributed by atoms with van der Waals surface area (Å²) in [6.07, 6.45) is 0. The van der Waals surface area contributed by atoms with Gasteiger partial charge in [-0.3, -0.25) is 4.79 Å². The van der Waals surface area contributed by atoms with E-state index in [4.69, 9.17) is 4.42 Å². The van der Waals surface area contributed by atoms with Gasteiger partial charge in [-0.05, 0) is 39.5 Å². The molecule has 0 fully saturated rings. The Labute approximate surface area is 126 Å². The Hall–Kier alpha value is -1.88. The number of nitrogens with zero attached hydrogens (tertiary/aromatic N) is 1. The van der Waals surface area contributed by atoms with Gasteiger partial charge in [-0.15, -0.1) is 0 Å². The molecule has 4 nitrogen and oxygen atoms in total. The molecule has 1 heterocycles. The van der Waals surface area contributed by atoms with Crippen LogP contribution in [0, 0.1) is 5.92 Å². The van der Waals surface area contributed by atoms with Gasteiger partial charge >= 0.3 is 5.91 Å². The lowest BCUT2D eigenvalue weighted by Gasteiger charge is -2.10. The Balaban J connectivity index is 2.17. The third-order valence-electron chi connectivity index (χ3n) is 2.69. The molecule has 1 amide bonds. The van der Waals surface area contributed by atoms with Gasteiger partial charge < -0.3 is 4.42 Å². The first-order valence-electron chi connectivity index (χ1n) is 6.26. The number of benzene rings is 1. The summed E-state index contributed by atoms with van der Waals surface area (Å²) in [6.45, 7) is 4.06. The minimum absolute atomic E-state index is 0.195. The second-order valence-corrected chi connectivity index (χ2v) is 5.34. The van der Waals surface area contributed by atoms with Crippen molar-refractivity contribution in [3.8, 4) is 0 Å². The van der Waals surface area contributed by atoms with Gasteiger partial charge in [-0.2, -0.15) is 5.10 Å². The molecule has 0 saturated carbocycles. The molecule has 2 aromatic rings. The predicted molar refractivity (Wildman–Crippen MR) is 81.7 cm³/mol. The first kappa shape index (κ1) is 14.5. The second-order valence-electron chi connectivity index (χ2n) is 4.56. The van der Waals surface area contributed by atoms with E-state index in [-0.39, 0.29) is 17.6 Å². The van der Waals surface area contributed by atoms with Crippen molar-refractivity contribution in [2.45, 2.75) is 13.8 Å². The van der Waals surface area contributed by atoms with E-state index in [9.17, 15) is 4.79 Å². The highest BCUT2D eigenvalue weighted by atomic mass is 79.9. The molecule has 0 aliphatic rings. The van der Waals surface area contributed by atoms with Gasteiger partial charge in [0.2, 0.25) is 0 Å². The van der Waals surface area contributed by atoms with E-state index in [1.165, 1.54) is 0 Å². The molecule has 5 heteroatoms. The number of hydrogen-bond donors (Lipinski definition) is 1. The number of carbonyl (C=O) groups is 1. The minimum Gasteiger partial charge on any atom is -0.444 e. The standard InChI is InChI=1S/C15H15BrN2O2/c1-10(2)14(11-6-4-3-5-7-11)17-18-15(19)12-8-9-13(16)20-12/h3-10H,1-2H3,(H,18,19). The number of hydrogen-bond acceptors (Lipinski definition) is 3. The molecule has 0 spiro atoms. The van der Waals surface area contributed by atoms with Crippen molar-refractivity contribution < 1.29 is 9.21 Å². The molecule has 0 unspecified atom stereocenters. The molecule has 0 atom stereocenters. The van der Waals surface area contributed by atoms with E-state index >= 15 is 0 Å². The van der Waals surface area contributed by atoms with Gasteiger partial charge in [0.1, 0.15) is 0 Å². The number of furan rings is 1. The summed E-state index contributed by atoms with van der Waals surface area (Å²) in [5, 5.41) is 4.22. The molecule has 2 rings (SSSR count). The Bertz CT molecular complexity index is 618. The van der Waals surface area contributed by atoms with E-state index in [1.54, 1.807) is 12.1 Å². The highest BCUT2D eigenvalue weighted by Gasteiger charge is 2.12. The van der Waals surface area contributed by atoms with Crippen molar-refractivity contribution in [2.24, 2.45) is 11.0 Å². The van der Waals surface area contributed by atoms with Crippen LogP contribution in [0.25, 0.3) is 0 Å². The molecular weight excluding hydrogens is 320 g/mol. The molecule has 0 radical (unpaired) electrons. The van der Waals surface area contributed by atoms with Crippen molar-refractivity contribution in [1.29, 1.82) is 0 Å². The maximum absolute atomic E-state index is 11.9. The van der Waals surface area contributed by atoms with Crippen LogP contribution >= 0.6 is 15.9 Å². The highest BCUT2D eigenvalue weighted by Crippen LogP contribution is 2.14. The molecular formula is C15H15BrN2O2. The first-order chi connectivity index (χ1) is 9.58. The predicted octanol–water partition coefficient (Wildman–Crippen LogP) is 3.83. The van der Waals surface area contributed by atoms with Crippen molar-refractivity contribution in [3.05, 3.63) is 58.5 Å². The van der Waals surface area contributed by atoms with Crippen LogP contribution in [-0.4, -0.2) is 11.6 Å². The number of amides is 1. The second kappa shape index (κ2) is 6.52. The topological polar surface area (TPSA) is 54.6 Å². The fraction of sp³-hybridized carbons (Fsp3) is 0.200. The van der Waals surface area contributed by atoms with E-state index in [1.807, 2.05) is 44.2 Å². The van der Waals surface area contributed by atoms with Crippen LogP contribution in [0.3, 0.4) is 0 Å². The third kappa shape index (κ3) is 3.57. The fourth-order valence-electron chi connectivity index (χ4n) is 1.74. The number of halogens is 1. The summed E-state index contributed by atoms with van der Waals surface area (Å²) in [7, 11) is 0. The van der Waals surface area contributed by atoms with Crippen LogP contribution in [0.1, 0.15) is 30.0 Å². The lowest BCUT2D eigenvalue weighted by molar-refractivity contribution is 0.0926. The van der Waals surface area contributed by atoms with Crippen LogP contribution in [0.4, 0.5) is 0 Å². The third-order valence-corrected chi connectivity index (χ3v) is 3.12. The van der Waals surface area contributed by atoms with Crippen molar-refractivity contribution in [1.82, 2.24) is 5.43 Å². The zero-order valence-corrected chi connectivity index (χ0v) is 12.8. The zero-order chi connectivity index (χ0) is 14.5. The zero-order valence-electron chi connectivity index (χ0n) is 11.3. The molecule has 0 aliphatic heterocycles. The van der Waals surface area contributed by atoms with Crippen LogP contribution in [0.15, 0.2) is 56.7 Å². The highest BCUT2D eigenvalue weighted by molar-refractivity contribution is 9.10. The van der Waals surface area contributed by atoms with Crippen LogP contribution in [0.5, 0.6) is 0 Å². The number of rotatable bonds is 4. The molecule has 104 valence electrons. The molecule has 1 aromatic carbocycles. The van der Waals surface area contributed by atoms with Gasteiger partial charge in [0.15, 0.2) is 10.4 Å². The summed E-state index contributed by atoms with van der Waals surface area (Å²) in [6, 6.07) is 13.0. The van der Waals surface area contributed by atoms with Gasteiger partial charge in [0.05, 0.1) is 5.71 Å². The first-order valence-corrected chi connectivity index (χ1v) is 7.06. The lowest BCUT2D eigenvalue weighted by Crippen LogP contribution is -2.21. The summed E-state index contributed by atoms with van der Waals surface area (Å²) >= 11 is 3.16. The Kier molecular flexibility index (Phi) is 4.74. The van der Waals surface area contributed by atoms with Gasteiger partial charge in [-0.25, -0.2) is 5.43 Å². The molecule has 1 N–H and O–H groups in total. The molecule has 0 aliphatic carbocycles. The smallest absolute Gasteiger partial charge is 0.307 e. The number of hydrazone groups is 1. The van der Waals surface area contributed by atoms with E-state index in [0.717, 1.165) is 11.3 Å². The SMILES string of the molecule is CC(C)C(=NNC(=O)c1ccc(Br)o1)c1ccccc1. The summed E-state index contributed by atoms with van der Waals surface area (Å²) in [5.41, 5.74) is 4.34. The van der Waals surface area contributed by atoms with E-state index < -0.39 is 0 Å². The largest absolute Gasteiger partial charge is 0.444 e. The van der Waals surface area contributed by atoms with Crippen LogP contribution < -0.4 is 5.43 Å². The van der Waals surface area contributed by atoms with Crippen LogP contribution in [0.2, 0.25) is 0 Å². The molecule has 0 bridgehead atoms. The monoisotopic (exact) mass is 334 g/mol. The van der Waals surface area contributed by atoms with Gasteiger partial charge in [-0.1, -0.05) is 44.2 Å². The Morgan fingerprint density at radius 2 is 1.90 bits per heavy atom. The molecule has 0 saturated heterocycles. The quantitative estimate of drug-likeness (QED) is 0.682. The maximum Gasteiger partial charge on any atom is 0.307 e. The lowest BCUT2D eigenvalue weighted by atomic mass is 10.0. The summed E-state index contributed by atoms with van der Waals surface area (Å²) in [4.78, 5) is 11.9. The Morgan fingerprint density at radius 3 is 2.45 bits per heavy atom. The number of carbonyl (C=O) groups excluding carboxylic acids is 1. The molecule has 20 heavy (non-hydrogen) atoms. The van der Waals surface area contributed by atoms with Gasteiger partial charge in [0, 0.05) is 0 Å². The van der Waals surface area contributed by atoms with Crippen molar-refractivity contribution in [2.75, 3.05) is 0 Å². The van der Waals surface area contributed by atoms with E-state index in [2.05, 4.69) is 26.5 Å². The normalized spacial score (nSPS) is 11.7. The van der Waals surface area contributed by atoms with Crippen molar-refractivity contribution >= 4 is 27.5 Å². The van der Waals surface area contributed by atoms with Gasteiger partial charge in [0.25, 0.3) is 0 Å². The van der Waals surface area contributed by atoms with Crippen molar-refractivity contribution in [3.63, 3.8) is 0 Å². The average Bonchev–Trinajstić information content (AvgIpc) is 2.86. The average molecular weight is 335 g/mol. The Morgan fingerprint density at radius 1 is 1.20 bits per heavy atom. The minimum atomic E-state index is -0.371. The van der Waals surface area contributed by atoms with E-state index in [0.29, 0.717) is 4.67 Å². The summed E-state index contributed by atoms with van der Waals surface area (Å²) < 4.78 is 5.69. The number of nitrogens with one attached hydrogen (secondary N) is 1. The maximum atomic E-state index is 11.9. The molecule has 1 aromatic heterocycles.